The fraction of sp³-hybridized carbons (Fsp3) is 0.925. The van der Waals surface area contributed by atoms with Crippen LogP contribution in [0.4, 0.5) is 4.79 Å². The number of hydrogen-bond acceptors (Lipinski definition) is 11. The topological polar surface area (TPSA) is 145 Å². The van der Waals surface area contributed by atoms with Crippen molar-refractivity contribution < 1.29 is 52.3 Å². The quantitative estimate of drug-likeness (QED) is 0.0353. The summed E-state index contributed by atoms with van der Waals surface area (Å²) in [6.07, 6.45) is 40.6. The van der Waals surface area contributed by atoms with Gasteiger partial charge in [-0.3, -0.25) is 14.4 Å². The molecule has 0 aliphatic carbocycles. The molecule has 65 heavy (non-hydrogen) atoms. The van der Waals surface area contributed by atoms with Gasteiger partial charge in [-0.15, -0.1) is 0 Å². The van der Waals surface area contributed by atoms with E-state index in [0.29, 0.717) is 71.9 Å². The van der Waals surface area contributed by atoms with Gasteiger partial charge < -0.3 is 38.5 Å². The summed E-state index contributed by atoms with van der Waals surface area (Å²) in [6, 6.07) is 0. The molecule has 0 fully saturated rings. The Bertz CT molecular complexity index is 1010. The Morgan fingerprint density at radius 2 is 0.785 bits per heavy atom. The van der Waals surface area contributed by atoms with Gasteiger partial charge in [0.1, 0.15) is 19.3 Å². The van der Waals surface area contributed by atoms with Gasteiger partial charge in [0.2, 0.25) is 0 Å². The van der Waals surface area contributed by atoms with E-state index < -0.39 is 6.09 Å². The zero-order valence-electron chi connectivity index (χ0n) is 43.0. The van der Waals surface area contributed by atoms with E-state index >= 15 is 0 Å². The van der Waals surface area contributed by atoms with Crippen LogP contribution in [-0.4, -0.2) is 96.6 Å². The summed E-state index contributed by atoms with van der Waals surface area (Å²) in [7, 11) is 1.55. The first kappa shape index (κ1) is 64.6. The predicted octanol–water partition coefficient (Wildman–Crippen LogP) is 13.7. The molecule has 0 radical (unpaired) electrons. The Kier molecular flexibility index (Phi) is 55.6. The van der Waals surface area contributed by atoms with Crippen molar-refractivity contribution in [1.29, 1.82) is 0 Å². The first-order valence-electron chi connectivity index (χ1n) is 26.9. The molecule has 1 atom stereocenters. The van der Waals surface area contributed by atoms with Crippen LogP contribution >= 0.6 is 0 Å². The van der Waals surface area contributed by atoms with E-state index in [1.54, 1.807) is 14.0 Å². The Morgan fingerprint density at radius 1 is 0.400 bits per heavy atom. The summed E-state index contributed by atoms with van der Waals surface area (Å²) < 4.78 is 35.7. The SMILES string of the molecule is CCCCCCCCCCCCCCCCCC(=O)OCC(C)OC(=O)CCCCCCCCCCCCCCCCC.CCOC(=O)NCCOCCOCCCC(=O)OCCOC. The van der Waals surface area contributed by atoms with Gasteiger partial charge in [-0.25, -0.2) is 4.79 Å². The molecule has 0 saturated heterocycles. The molecular formula is C53H103NO11. The number of rotatable bonds is 49. The highest BCUT2D eigenvalue weighted by Gasteiger charge is 2.12. The minimum absolute atomic E-state index is 0.166. The van der Waals surface area contributed by atoms with E-state index in [-0.39, 0.29) is 37.2 Å². The maximum atomic E-state index is 12.1. The Balaban J connectivity index is 0. The summed E-state index contributed by atoms with van der Waals surface area (Å²) in [5.41, 5.74) is 0. The summed E-state index contributed by atoms with van der Waals surface area (Å²) >= 11 is 0. The molecule has 0 aliphatic heterocycles. The molecule has 0 aliphatic rings. The van der Waals surface area contributed by atoms with Crippen LogP contribution < -0.4 is 5.32 Å². The maximum Gasteiger partial charge on any atom is 0.407 e. The number of nitrogens with one attached hydrogen (secondary N) is 1. The molecular weight excluding hydrogens is 827 g/mol. The molecule has 0 saturated carbocycles. The van der Waals surface area contributed by atoms with Crippen molar-refractivity contribution in [2.45, 2.75) is 252 Å². The lowest BCUT2D eigenvalue weighted by molar-refractivity contribution is -0.158. The van der Waals surface area contributed by atoms with E-state index in [1.165, 1.54) is 167 Å². The molecule has 0 aromatic heterocycles. The molecule has 0 rings (SSSR count). The zero-order chi connectivity index (χ0) is 47.9. The van der Waals surface area contributed by atoms with Gasteiger partial charge in [0.25, 0.3) is 0 Å². The molecule has 0 aromatic rings. The van der Waals surface area contributed by atoms with Crippen LogP contribution in [0.15, 0.2) is 0 Å². The minimum atomic E-state index is -0.445. The summed E-state index contributed by atoms with van der Waals surface area (Å²) in [5, 5.41) is 2.54. The molecule has 0 heterocycles. The van der Waals surface area contributed by atoms with Crippen LogP contribution in [0.25, 0.3) is 0 Å². The Hall–Kier alpha value is -2.44. The third-order valence-electron chi connectivity index (χ3n) is 11.2. The fourth-order valence-corrected chi connectivity index (χ4v) is 7.24. The number of ether oxygens (including phenoxy) is 7. The van der Waals surface area contributed by atoms with Gasteiger partial charge >= 0.3 is 24.0 Å². The fourth-order valence-electron chi connectivity index (χ4n) is 7.24. The number of hydrogen-bond donors (Lipinski definition) is 1. The highest BCUT2D eigenvalue weighted by Crippen LogP contribution is 2.16. The summed E-state index contributed by atoms with van der Waals surface area (Å²) in [4.78, 5) is 46.3. The van der Waals surface area contributed by atoms with Crippen molar-refractivity contribution >= 4 is 24.0 Å². The van der Waals surface area contributed by atoms with Crippen molar-refractivity contribution in [1.82, 2.24) is 5.32 Å². The molecule has 12 heteroatoms. The van der Waals surface area contributed by atoms with Crippen molar-refractivity contribution in [3.63, 3.8) is 0 Å². The Morgan fingerprint density at radius 3 is 1.22 bits per heavy atom. The third kappa shape index (κ3) is 57.6. The van der Waals surface area contributed by atoms with Crippen molar-refractivity contribution in [2.75, 3.05) is 66.5 Å². The van der Waals surface area contributed by atoms with Gasteiger partial charge in [0.05, 0.1) is 33.0 Å². The lowest BCUT2D eigenvalue weighted by Gasteiger charge is -2.13. The van der Waals surface area contributed by atoms with Crippen molar-refractivity contribution in [3.05, 3.63) is 0 Å². The second-order valence-electron chi connectivity index (χ2n) is 17.6. The Labute approximate surface area is 399 Å². The second-order valence-corrected chi connectivity index (χ2v) is 17.6. The highest BCUT2D eigenvalue weighted by atomic mass is 16.6. The smallest absolute Gasteiger partial charge is 0.407 e. The van der Waals surface area contributed by atoms with Crippen molar-refractivity contribution in [2.24, 2.45) is 0 Å². The van der Waals surface area contributed by atoms with Gasteiger partial charge in [-0.1, -0.05) is 194 Å². The predicted molar refractivity (Wildman–Crippen MR) is 264 cm³/mol. The number of carbonyl (C=O) groups excluding carboxylic acids is 4. The maximum absolute atomic E-state index is 12.1. The van der Waals surface area contributed by atoms with Gasteiger partial charge in [-0.2, -0.15) is 0 Å². The molecule has 0 aromatic carbocycles. The third-order valence-corrected chi connectivity index (χ3v) is 11.2. The lowest BCUT2D eigenvalue weighted by atomic mass is 10.0. The second kappa shape index (κ2) is 55.9. The standard InChI is InChI=1S/C39H76O4.C14H27NO7/c1-4-6-8-10-12-14-16-18-20-22-24-26-28-30-32-34-38(40)42-36-37(3)43-39(41)35-33-31-29-27-25-23-21-19-17-15-13-11-9-7-5-2;1-3-21-14(17)15-6-8-20-11-10-19-7-4-5-13(16)22-12-9-18-2/h37H,4-36H2,1-3H3;3-12H2,1-2H3,(H,15,17). The van der Waals surface area contributed by atoms with Crippen LogP contribution in [0.1, 0.15) is 246 Å². The van der Waals surface area contributed by atoms with E-state index in [1.807, 2.05) is 6.92 Å². The van der Waals surface area contributed by atoms with E-state index in [0.717, 1.165) is 25.7 Å². The number of carbonyl (C=O) groups is 4. The highest BCUT2D eigenvalue weighted by molar-refractivity contribution is 5.70. The zero-order valence-corrected chi connectivity index (χ0v) is 43.0. The molecule has 0 spiro atoms. The van der Waals surface area contributed by atoms with Gasteiger partial charge in [0, 0.05) is 39.5 Å². The van der Waals surface area contributed by atoms with Gasteiger partial charge in [-0.05, 0) is 33.1 Å². The van der Waals surface area contributed by atoms with E-state index in [9.17, 15) is 19.2 Å². The van der Waals surface area contributed by atoms with Crippen LogP contribution in [0.2, 0.25) is 0 Å². The lowest BCUT2D eigenvalue weighted by Crippen LogP contribution is -2.28. The molecule has 12 nitrogen and oxygen atoms in total. The minimum Gasteiger partial charge on any atom is -0.463 e. The van der Waals surface area contributed by atoms with Crippen LogP contribution in [0, 0.1) is 0 Å². The number of alkyl carbamates (subject to hydrolysis) is 1. The number of esters is 3. The van der Waals surface area contributed by atoms with E-state index in [4.69, 9.17) is 28.4 Å². The first-order valence-corrected chi connectivity index (χ1v) is 26.9. The van der Waals surface area contributed by atoms with Crippen molar-refractivity contribution in [3.8, 4) is 0 Å². The number of unbranched alkanes of at least 4 members (excludes halogenated alkanes) is 28. The summed E-state index contributed by atoms with van der Waals surface area (Å²) in [5.74, 6) is -0.581. The summed E-state index contributed by atoms with van der Waals surface area (Å²) in [6.45, 7) is 11.5. The molecule has 1 unspecified atom stereocenters. The van der Waals surface area contributed by atoms with E-state index in [2.05, 4.69) is 23.9 Å². The molecule has 1 amide bonds. The molecule has 0 bridgehead atoms. The number of amides is 1. The molecule has 386 valence electrons. The largest absolute Gasteiger partial charge is 0.463 e. The van der Waals surface area contributed by atoms with Crippen LogP contribution in [-0.2, 0) is 47.5 Å². The van der Waals surface area contributed by atoms with Crippen LogP contribution in [0.3, 0.4) is 0 Å². The number of methoxy groups -OCH3 is 1. The average Bonchev–Trinajstić information content (AvgIpc) is 3.29. The van der Waals surface area contributed by atoms with Crippen LogP contribution in [0.5, 0.6) is 0 Å². The monoisotopic (exact) mass is 930 g/mol. The molecule has 1 N–H and O–H groups in total. The first-order chi connectivity index (χ1) is 31.8. The van der Waals surface area contributed by atoms with Gasteiger partial charge in [0.15, 0.2) is 0 Å². The normalized spacial score (nSPS) is 11.4. The average molecular weight is 930 g/mol.